The summed E-state index contributed by atoms with van der Waals surface area (Å²) in [7, 11) is 0. The van der Waals surface area contributed by atoms with Crippen LogP contribution >= 0.6 is 23.2 Å². The zero-order valence-corrected chi connectivity index (χ0v) is 17.6. The molecule has 11 atom stereocenters. The van der Waals surface area contributed by atoms with Crippen molar-refractivity contribution < 1.29 is 20.1 Å². The summed E-state index contributed by atoms with van der Waals surface area (Å²) in [5.41, 5.74) is 4.60. The number of rotatable bonds is 3. The van der Waals surface area contributed by atoms with E-state index >= 15 is 0 Å². The summed E-state index contributed by atoms with van der Waals surface area (Å²) in [6.07, 6.45) is -0.997. The fourth-order valence-corrected chi connectivity index (χ4v) is 5.96. The quantitative estimate of drug-likeness (QED) is 0.319. The van der Waals surface area contributed by atoms with Crippen LogP contribution in [0, 0.1) is 11.8 Å². The van der Waals surface area contributed by atoms with Crippen LogP contribution in [0.25, 0.3) is 0 Å². The second-order valence-electron chi connectivity index (χ2n) is 8.96. The number of ether oxygens (including phenoxy) is 1. The molecule has 28 heavy (non-hydrogen) atoms. The fourth-order valence-electron chi connectivity index (χ4n) is 5.38. The summed E-state index contributed by atoms with van der Waals surface area (Å²) in [5, 5.41) is 39.2. The molecule has 10 heteroatoms. The minimum absolute atomic E-state index is 0.0403. The number of alkyl halides is 2. The van der Waals surface area contributed by atoms with E-state index in [9.17, 15) is 15.3 Å². The van der Waals surface area contributed by atoms with Crippen LogP contribution < -0.4 is 16.4 Å². The van der Waals surface area contributed by atoms with Crippen LogP contribution in [0.5, 0.6) is 0 Å². The Hall–Kier alpha value is 0.260. The Morgan fingerprint density at radius 1 is 1.21 bits per heavy atom. The molecule has 7 N–H and O–H groups in total. The molecule has 1 saturated carbocycles. The van der Waals surface area contributed by atoms with E-state index in [1.165, 1.54) is 6.92 Å². The van der Waals surface area contributed by atoms with Crippen LogP contribution in [0.3, 0.4) is 0 Å². The highest BCUT2D eigenvalue weighted by Crippen LogP contribution is 2.42. The van der Waals surface area contributed by atoms with Crippen molar-refractivity contribution in [2.24, 2.45) is 17.6 Å². The number of hydrogen-bond donors (Lipinski definition) is 6. The highest BCUT2D eigenvalue weighted by atomic mass is 35.5. The van der Waals surface area contributed by atoms with Gasteiger partial charge in [0.25, 0.3) is 0 Å². The van der Waals surface area contributed by atoms with Crippen LogP contribution in [-0.2, 0) is 4.74 Å². The predicted octanol–water partition coefficient (Wildman–Crippen LogP) is -0.718. The van der Waals surface area contributed by atoms with Gasteiger partial charge in [0.2, 0.25) is 0 Å². The fraction of sp³-hybridized carbons (Fsp3) is 1.00. The first-order valence-electron chi connectivity index (χ1n) is 10.2. The SMILES string of the molecule is C[C@@]1(O)[C@@H]([C@@H](O)C2CCC(Cl)C(Cl)C2)O[C@@H](N2CCC3C(N)NCNC32)[C@@H]1O. The lowest BCUT2D eigenvalue weighted by atomic mass is 9.78. The summed E-state index contributed by atoms with van der Waals surface area (Å²) in [5.74, 6) is 0.0613. The topological polar surface area (TPSA) is 123 Å². The van der Waals surface area contributed by atoms with E-state index in [0.29, 0.717) is 32.5 Å². The Bertz CT molecular complexity index is 574. The number of nitrogens with one attached hydrogen (secondary N) is 2. The molecule has 1 aliphatic carbocycles. The molecule has 3 saturated heterocycles. The van der Waals surface area contributed by atoms with E-state index in [0.717, 1.165) is 6.42 Å². The van der Waals surface area contributed by atoms with Gasteiger partial charge in [0, 0.05) is 24.5 Å². The zero-order valence-electron chi connectivity index (χ0n) is 16.0. The second kappa shape index (κ2) is 8.07. The number of nitrogens with two attached hydrogens (primary N) is 1. The third-order valence-electron chi connectivity index (χ3n) is 7.18. The van der Waals surface area contributed by atoms with Crippen molar-refractivity contribution in [1.29, 1.82) is 0 Å². The highest BCUT2D eigenvalue weighted by molar-refractivity contribution is 6.30. The molecule has 6 unspecified atom stereocenters. The maximum atomic E-state index is 11.0. The standard InChI is InChI=1S/C18H32Cl2N4O4/c1-18(27)13(26)17(24-5-4-9-15(21)22-7-23-16(9)24)28-14(18)12(25)8-2-3-10(19)11(20)6-8/h8-17,22-23,25-27H,2-7,21H2,1H3/t8?,9?,10?,11?,12-,13-,14+,15?,16?,17+,18-/m0/s1. The minimum Gasteiger partial charge on any atom is -0.390 e. The molecule has 4 fully saturated rings. The van der Waals surface area contributed by atoms with E-state index in [2.05, 4.69) is 10.6 Å². The molecular weight excluding hydrogens is 407 g/mol. The Balaban J connectivity index is 1.48. The smallest absolute Gasteiger partial charge is 0.141 e. The number of fused-ring (bicyclic) bond motifs is 1. The summed E-state index contributed by atoms with van der Waals surface area (Å²) in [6.45, 7) is 2.80. The Morgan fingerprint density at radius 3 is 2.68 bits per heavy atom. The van der Waals surface area contributed by atoms with E-state index < -0.39 is 30.1 Å². The molecular formula is C18H32Cl2N4O4. The number of nitrogens with zero attached hydrogens (tertiary/aromatic N) is 1. The molecule has 0 amide bonds. The maximum absolute atomic E-state index is 11.0. The molecule has 0 radical (unpaired) electrons. The van der Waals surface area contributed by atoms with Gasteiger partial charge in [-0.3, -0.25) is 15.5 Å². The summed E-state index contributed by atoms with van der Waals surface area (Å²) in [6, 6.07) is 0. The second-order valence-corrected chi connectivity index (χ2v) is 10.1. The Labute approximate surface area is 175 Å². The van der Waals surface area contributed by atoms with Crippen LogP contribution in [-0.4, -0.2) is 86.7 Å². The van der Waals surface area contributed by atoms with Crippen molar-refractivity contribution in [2.75, 3.05) is 13.2 Å². The van der Waals surface area contributed by atoms with Crippen molar-refractivity contribution in [3.63, 3.8) is 0 Å². The normalized spacial score (nSPS) is 53.9. The summed E-state index contributed by atoms with van der Waals surface area (Å²) >= 11 is 12.5. The van der Waals surface area contributed by atoms with Crippen molar-refractivity contribution in [1.82, 2.24) is 15.5 Å². The largest absolute Gasteiger partial charge is 0.390 e. The molecule has 0 spiro atoms. The van der Waals surface area contributed by atoms with Crippen molar-refractivity contribution in [3.8, 4) is 0 Å². The summed E-state index contributed by atoms with van der Waals surface area (Å²) < 4.78 is 6.13. The lowest BCUT2D eigenvalue weighted by molar-refractivity contribution is -0.146. The first kappa shape index (κ1) is 21.5. The van der Waals surface area contributed by atoms with E-state index in [1.54, 1.807) is 0 Å². The van der Waals surface area contributed by atoms with Gasteiger partial charge in [-0.25, -0.2) is 0 Å². The molecule has 0 aromatic carbocycles. The van der Waals surface area contributed by atoms with Gasteiger partial charge in [0.05, 0.1) is 23.8 Å². The Morgan fingerprint density at radius 2 is 1.96 bits per heavy atom. The molecule has 4 aliphatic rings. The maximum Gasteiger partial charge on any atom is 0.141 e. The number of hydrogen-bond acceptors (Lipinski definition) is 8. The number of aliphatic hydroxyl groups is 3. The first-order chi connectivity index (χ1) is 13.2. The van der Waals surface area contributed by atoms with Gasteiger partial charge in [-0.05, 0) is 38.5 Å². The average Bonchev–Trinajstić information content (AvgIpc) is 3.17. The summed E-state index contributed by atoms with van der Waals surface area (Å²) in [4.78, 5) is 2.03. The van der Waals surface area contributed by atoms with E-state index in [-0.39, 0.29) is 34.9 Å². The van der Waals surface area contributed by atoms with Crippen LogP contribution in [0.4, 0.5) is 0 Å². The third-order valence-corrected chi connectivity index (χ3v) is 8.31. The molecule has 0 bridgehead atoms. The van der Waals surface area contributed by atoms with Crippen molar-refractivity contribution in [2.45, 2.75) is 85.8 Å². The molecule has 8 nitrogen and oxygen atoms in total. The lowest BCUT2D eigenvalue weighted by Crippen LogP contribution is -2.64. The molecule has 0 aromatic rings. The van der Waals surface area contributed by atoms with Crippen LogP contribution in [0.15, 0.2) is 0 Å². The molecule has 3 heterocycles. The number of likely N-dealkylation sites (tertiary alicyclic amines) is 1. The van der Waals surface area contributed by atoms with Gasteiger partial charge >= 0.3 is 0 Å². The average molecular weight is 439 g/mol. The van der Waals surface area contributed by atoms with E-state index in [4.69, 9.17) is 33.7 Å². The van der Waals surface area contributed by atoms with Gasteiger partial charge < -0.3 is 25.8 Å². The first-order valence-corrected chi connectivity index (χ1v) is 11.1. The van der Waals surface area contributed by atoms with E-state index in [1.807, 2.05) is 4.90 Å². The van der Waals surface area contributed by atoms with Crippen molar-refractivity contribution in [3.05, 3.63) is 0 Å². The van der Waals surface area contributed by atoms with Gasteiger partial charge in [0.1, 0.15) is 24.0 Å². The molecule has 162 valence electrons. The lowest BCUT2D eigenvalue weighted by Gasteiger charge is -2.39. The predicted molar refractivity (Wildman–Crippen MR) is 106 cm³/mol. The molecule has 0 aromatic heterocycles. The Kier molecular flexibility index (Phi) is 6.19. The molecule has 3 aliphatic heterocycles. The zero-order chi connectivity index (χ0) is 20.2. The van der Waals surface area contributed by atoms with Crippen LogP contribution in [0.2, 0.25) is 0 Å². The van der Waals surface area contributed by atoms with Gasteiger partial charge in [-0.2, -0.15) is 0 Å². The van der Waals surface area contributed by atoms with Gasteiger partial charge in [-0.15, -0.1) is 23.2 Å². The number of aliphatic hydroxyl groups excluding tert-OH is 2. The number of halogens is 2. The highest BCUT2D eigenvalue weighted by Gasteiger charge is 2.59. The third kappa shape index (κ3) is 3.60. The monoisotopic (exact) mass is 438 g/mol. The minimum atomic E-state index is -1.57. The van der Waals surface area contributed by atoms with Crippen molar-refractivity contribution >= 4 is 23.2 Å². The molecule has 4 rings (SSSR count). The van der Waals surface area contributed by atoms with Crippen LogP contribution in [0.1, 0.15) is 32.6 Å². The van der Waals surface area contributed by atoms with Gasteiger partial charge in [-0.1, -0.05) is 0 Å². The van der Waals surface area contributed by atoms with Gasteiger partial charge in [0.15, 0.2) is 0 Å².